The fourth-order valence-electron chi connectivity index (χ4n) is 2.21. The van der Waals surface area contributed by atoms with Gasteiger partial charge in [0.15, 0.2) is 0 Å². The Hall–Kier alpha value is -2.12. The Bertz CT molecular complexity index is 659. The molecule has 0 saturated heterocycles. The normalized spacial score (nSPS) is 12.5. The summed E-state index contributed by atoms with van der Waals surface area (Å²) in [6.45, 7) is 0. The van der Waals surface area contributed by atoms with Crippen LogP contribution in [-0.2, 0) is 0 Å². The molecule has 0 bridgehead atoms. The first-order chi connectivity index (χ1) is 8.84. The number of hydrogen-bond acceptors (Lipinski definition) is 1. The van der Waals surface area contributed by atoms with Crippen LogP contribution in [0.1, 0.15) is 17.2 Å². The summed E-state index contributed by atoms with van der Waals surface area (Å²) < 4.78 is 0. The molecular weight excluding hydrogens is 220 g/mol. The molecule has 0 aromatic heterocycles. The molecule has 18 heavy (non-hydrogen) atoms. The Labute approximate surface area is 106 Å². The van der Waals surface area contributed by atoms with Gasteiger partial charge in [-0.3, -0.25) is 0 Å². The van der Waals surface area contributed by atoms with Crippen LogP contribution in [-0.4, -0.2) is 5.11 Å². The van der Waals surface area contributed by atoms with Gasteiger partial charge in [0.05, 0.1) is 0 Å². The number of fused-ring (bicyclic) bond motifs is 1. The molecule has 0 aliphatic carbocycles. The molecule has 0 amide bonds. The van der Waals surface area contributed by atoms with Gasteiger partial charge in [-0.2, -0.15) is 0 Å². The summed E-state index contributed by atoms with van der Waals surface area (Å²) in [5.41, 5.74) is 1.85. The molecule has 1 heteroatoms. The summed E-state index contributed by atoms with van der Waals surface area (Å²) >= 11 is 0. The largest absolute Gasteiger partial charge is 0.384 e. The second kappa shape index (κ2) is 4.63. The minimum Gasteiger partial charge on any atom is -0.384 e. The average molecular weight is 234 g/mol. The van der Waals surface area contributed by atoms with E-state index < -0.39 is 6.10 Å². The minimum atomic E-state index is -0.559. The van der Waals surface area contributed by atoms with Crippen molar-refractivity contribution in [2.45, 2.75) is 6.10 Å². The van der Waals surface area contributed by atoms with Crippen LogP contribution in [0.2, 0.25) is 0 Å². The summed E-state index contributed by atoms with van der Waals surface area (Å²) in [7, 11) is 0. The summed E-state index contributed by atoms with van der Waals surface area (Å²) in [6, 6.07) is 24.0. The third kappa shape index (κ3) is 2.01. The summed E-state index contributed by atoms with van der Waals surface area (Å²) in [5, 5.41) is 12.7. The molecule has 1 nitrogen and oxygen atoms in total. The lowest BCUT2D eigenvalue weighted by Crippen LogP contribution is -1.98. The van der Waals surface area contributed by atoms with Crippen molar-refractivity contribution in [3.8, 4) is 0 Å². The molecule has 0 aliphatic heterocycles. The lowest BCUT2D eigenvalue weighted by atomic mass is 9.99. The van der Waals surface area contributed by atoms with Crippen molar-refractivity contribution >= 4 is 10.8 Å². The zero-order chi connectivity index (χ0) is 12.4. The smallest absolute Gasteiger partial charge is 0.104 e. The van der Waals surface area contributed by atoms with Gasteiger partial charge in [0.2, 0.25) is 0 Å². The van der Waals surface area contributed by atoms with Crippen LogP contribution < -0.4 is 0 Å². The predicted octanol–water partition coefficient (Wildman–Crippen LogP) is 3.92. The molecule has 3 aromatic carbocycles. The van der Waals surface area contributed by atoms with E-state index in [1.165, 1.54) is 5.39 Å². The predicted molar refractivity (Wildman–Crippen MR) is 74.5 cm³/mol. The third-order valence-electron chi connectivity index (χ3n) is 3.20. The van der Waals surface area contributed by atoms with Crippen molar-refractivity contribution in [2.24, 2.45) is 0 Å². The molecule has 1 N–H and O–H groups in total. The Morgan fingerprint density at radius 2 is 1.28 bits per heavy atom. The first-order valence-corrected chi connectivity index (χ1v) is 6.06. The summed E-state index contributed by atoms with van der Waals surface area (Å²) in [5.74, 6) is 0. The fraction of sp³-hybridized carbons (Fsp3) is 0.0588. The van der Waals surface area contributed by atoms with Crippen LogP contribution in [0.15, 0.2) is 72.8 Å². The van der Waals surface area contributed by atoms with Crippen LogP contribution in [0.4, 0.5) is 0 Å². The maximum Gasteiger partial charge on any atom is 0.104 e. The number of aliphatic hydroxyl groups is 1. The lowest BCUT2D eigenvalue weighted by Gasteiger charge is -2.12. The van der Waals surface area contributed by atoms with Crippen LogP contribution in [0.25, 0.3) is 10.8 Å². The highest BCUT2D eigenvalue weighted by Gasteiger charge is 2.09. The van der Waals surface area contributed by atoms with Crippen LogP contribution in [0.5, 0.6) is 0 Å². The van der Waals surface area contributed by atoms with E-state index in [0.717, 1.165) is 16.5 Å². The van der Waals surface area contributed by atoms with Crippen molar-refractivity contribution in [2.75, 3.05) is 0 Å². The molecule has 0 radical (unpaired) electrons. The van der Waals surface area contributed by atoms with Gasteiger partial charge in [0.25, 0.3) is 0 Å². The molecule has 1 unspecified atom stereocenters. The van der Waals surface area contributed by atoms with Gasteiger partial charge in [0, 0.05) is 0 Å². The number of aliphatic hydroxyl groups excluding tert-OH is 1. The molecule has 0 aliphatic rings. The van der Waals surface area contributed by atoms with Gasteiger partial charge >= 0.3 is 0 Å². The van der Waals surface area contributed by atoms with Gasteiger partial charge in [-0.05, 0) is 28.0 Å². The van der Waals surface area contributed by atoms with Crippen molar-refractivity contribution in [3.05, 3.63) is 83.9 Å². The minimum absolute atomic E-state index is 0.559. The quantitative estimate of drug-likeness (QED) is 0.712. The van der Waals surface area contributed by atoms with Crippen molar-refractivity contribution in [1.29, 1.82) is 0 Å². The molecule has 0 heterocycles. The van der Waals surface area contributed by atoms with E-state index in [1.807, 2.05) is 54.6 Å². The van der Waals surface area contributed by atoms with Gasteiger partial charge < -0.3 is 5.11 Å². The van der Waals surface area contributed by atoms with Crippen LogP contribution >= 0.6 is 0 Å². The molecule has 0 fully saturated rings. The lowest BCUT2D eigenvalue weighted by molar-refractivity contribution is 0.220. The fourth-order valence-corrected chi connectivity index (χ4v) is 2.21. The number of hydrogen-bond donors (Lipinski definition) is 1. The second-order valence-corrected chi connectivity index (χ2v) is 4.42. The maximum atomic E-state index is 10.4. The van der Waals surface area contributed by atoms with E-state index >= 15 is 0 Å². The van der Waals surface area contributed by atoms with E-state index in [0.29, 0.717) is 0 Å². The highest BCUT2D eigenvalue weighted by molar-refractivity contribution is 5.83. The standard InChI is InChI=1S/C17H14O/c18-17(14-7-2-1-3-8-14)16-11-10-13-6-4-5-9-15(13)12-16/h1-12,17-18H. The molecule has 0 spiro atoms. The third-order valence-corrected chi connectivity index (χ3v) is 3.20. The Morgan fingerprint density at radius 1 is 0.611 bits per heavy atom. The van der Waals surface area contributed by atoms with E-state index in [4.69, 9.17) is 0 Å². The molecule has 88 valence electrons. The van der Waals surface area contributed by atoms with Crippen LogP contribution in [0.3, 0.4) is 0 Å². The van der Waals surface area contributed by atoms with Gasteiger partial charge in [-0.15, -0.1) is 0 Å². The number of rotatable bonds is 2. The summed E-state index contributed by atoms with van der Waals surface area (Å²) in [6.07, 6.45) is -0.559. The van der Waals surface area contributed by atoms with Gasteiger partial charge in [-0.1, -0.05) is 66.7 Å². The highest BCUT2D eigenvalue weighted by atomic mass is 16.3. The Kier molecular flexibility index (Phi) is 2.83. The van der Waals surface area contributed by atoms with E-state index in [2.05, 4.69) is 18.2 Å². The SMILES string of the molecule is OC(c1ccccc1)c1ccc2ccccc2c1. The molecule has 0 saturated carbocycles. The average Bonchev–Trinajstić information content (AvgIpc) is 2.47. The van der Waals surface area contributed by atoms with Crippen molar-refractivity contribution in [3.63, 3.8) is 0 Å². The molecule has 1 atom stereocenters. The van der Waals surface area contributed by atoms with Crippen molar-refractivity contribution < 1.29 is 5.11 Å². The first kappa shape index (κ1) is 11.0. The van der Waals surface area contributed by atoms with Crippen LogP contribution in [0, 0.1) is 0 Å². The molecule has 3 rings (SSSR count). The highest BCUT2D eigenvalue weighted by Crippen LogP contribution is 2.25. The first-order valence-electron chi connectivity index (χ1n) is 6.06. The summed E-state index contributed by atoms with van der Waals surface area (Å²) in [4.78, 5) is 0. The molecular formula is C17H14O. The van der Waals surface area contributed by atoms with E-state index in [1.54, 1.807) is 0 Å². The topological polar surface area (TPSA) is 20.2 Å². The maximum absolute atomic E-state index is 10.4. The Morgan fingerprint density at radius 3 is 2.06 bits per heavy atom. The molecule has 3 aromatic rings. The monoisotopic (exact) mass is 234 g/mol. The second-order valence-electron chi connectivity index (χ2n) is 4.42. The zero-order valence-corrected chi connectivity index (χ0v) is 9.95. The zero-order valence-electron chi connectivity index (χ0n) is 9.95. The van der Waals surface area contributed by atoms with Crippen molar-refractivity contribution in [1.82, 2.24) is 0 Å². The number of benzene rings is 3. The Balaban J connectivity index is 2.04. The van der Waals surface area contributed by atoms with E-state index in [9.17, 15) is 5.11 Å². The van der Waals surface area contributed by atoms with Gasteiger partial charge in [0.1, 0.15) is 6.10 Å². The van der Waals surface area contributed by atoms with Gasteiger partial charge in [-0.25, -0.2) is 0 Å². The van der Waals surface area contributed by atoms with E-state index in [-0.39, 0.29) is 0 Å².